The van der Waals surface area contributed by atoms with Gasteiger partial charge in [0.05, 0.1) is 0 Å². The molecule has 0 spiro atoms. The molecule has 4 aromatic rings. The fourth-order valence-electron chi connectivity index (χ4n) is 7.51. The van der Waals surface area contributed by atoms with Gasteiger partial charge in [-0.1, -0.05) is 115 Å². The van der Waals surface area contributed by atoms with Crippen molar-refractivity contribution in [2.75, 3.05) is 0 Å². The maximum Gasteiger partial charge on any atom is -0.358 e. The predicted molar refractivity (Wildman–Crippen MR) is 206 cm³/mol. The molecule has 0 saturated carbocycles. The molecule has 0 saturated heterocycles. The van der Waals surface area contributed by atoms with Crippen LogP contribution in [-0.2, 0) is 41.5 Å². The third-order valence-corrected chi connectivity index (χ3v) is 9.67. The first-order valence-electron chi connectivity index (χ1n) is 16.7. The molecule has 0 aliphatic heterocycles. The third-order valence-electron chi connectivity index (χ3n) is 9.67. The molecule has 48 heavy (non-hydrogen) atoms. The largest absolute Gasteiger partial charge is 0.358 e. The second-order valence-electron chi connectivity index (χ2n) is 14.3. The van der Waals surface area contributed by atoms with Crippen molar-refractivity contribution < 1.29 is 24.2 Å². The van der Waals surface area contributed by atoms with E-state index in [1.165, 1.54) is 102 Å². The van der Waals surface area contributed by atoms with Gasteiger partial charge < -0.3 is 7.43 Å². The van der Waals surface area contributed by atoms with Gasteiger partial charge in [-0.15, -0.1) is 17.2 Å². The van der Waals surface area contributed by atoms with Crippen molar-refractivity contribution in [3.63, 3.8) is 0 Å². The quantitative estimate of drug-likeness (QED) is 0.152. The Balaban J connectivity index is 0.000000189. The van der Waals surface area contributed by atoms with Crippen LogP contribution in [0.2, 0.25) is 0 Å². The molecule has 4 aliphatic carbocycles. The molecule has 4 aliphatic rings. The van der Waals surface area contributed by atoms with E-state index in [1.54, 1.807) is 0 Å². The molecule has 0 radical (unpaired) electrons. The van der Waals surface area contributed by atoms with Crippen molar-refractivity contribution in [3.05, 3.63) is 167 Å². The zero-order valence-electron chi connectivity index (χ0n) is 30.7. The minimum Gasteiger partial charge on any atom is -0.358 e. The smallest absolute Gasteiger partial charge is 0.358 e. The summed E-state index contributed by atoms with van der Waals surface area (Å²) in [5, 5.41) is 0. The van der Waals surface area contributed by atoms with E-state index >= 15 is 0 Å². The summed E-state index contributed by atoms with van der Waals surface area (Å²) in [6.07, 6.45) is 12.8. The second-order valence-corrected chi connectivity index (χ2v) is 14.3. The van der Waals surface area contributed by atoms with E-state index in [1.807, 2.05) is 30.3 Å². The second kappa shape index (κ2) is 15.0. The van der Waals surface area contributed by atoms with Crippen LogP contribution in [0.25, 0.3) is 27.8 Å². The van der Waals surface area contributed by atoms with Crippen LogP contribution >= 0.6 is 0 Å². The van der Waals surface area contributed by atoms with Crippen LogP contribution in [-0.4, -0.2) is 4.21 Å². The van der Waals surface area contributed by atoms with Gasteiger partial charge in [-0.25, -0.2) is 11.1 Å². The van der Waals surface area contributed by atoms with E-state index in [2.05, 4.69) is 145 Å². The van der Waals surface area contributed by atoms with Gasteiger partial charge in [0.15, 0.2) is 0 Å². The summed E-state index contributed by atoms with van der Waals surface area (Å²) >= 11 is 1.30. The van der Waals surface area contributed by atoms with Crippen molar-refractivity contribution in [2.24, 2.45) is 5.92 Å². The SMILES string of the molecule is CC1=[C-]C(C)(C)c2cc3c(cc21)-c1cc2c(cc1C3)C(C)(C)C=C2C.CC1=[C-]C(C)C=C1c1ccccc1.Cc1cc[c-]cc1.[CH2]=[Zr].[CH3-]. The van der Waals surface area contributed by atoms with Crippen LogP contribution in [0.15, 0.2) is 96.6 Å². The van der Waals surface area contributed by atoms with Crippen LogP contribution in [0, 0.1) is 38.5 Å². The summed E-state index contributed by atoms with van der Waals surface area (Å²) in [6.45, 7) is 20.0. The minimum absolute atomic E-state index is 0. The van der Waals surface area contributed by atoms with Crippen LogP contribution in [0.3, 0.4) is 0 Å². The Morgan fingerprint density at radius 1 is 0.729 bits per heavy atom. The average Bonchev–Trinajstić information content (AvgIpc) is 3.71. The molecule has 0 aromatic heterocycles. The van der Waals surface area contributed by atoms with Gasteiger partial charge in [-0.05, 0) is 58.4 Å². The third kappa shape index (κ3) is 7.58. The molecule has 4 aromatic carbocycles. The molecular formula is C47H50Zr-4. The van der Waals surface area contributed by atoms with Crippen LogP contribution in [0.1, 0.15) is 99.9 Å². The van der Waals surface area contributed by atoms with E-state index in [0.717, 1.165) is 6.42 Å². The Morgan fingerprint density at radius 2 is 1.31 bits per heavy atom. The number of benzene rings is 4. The molecule has 246 valence electrons. The molecule has 0 bridgehead atoms. The summed E-state index contributed by atoms with van der Waals surface area (Å²) in [6, 6.07) is 31.1. The number of rotatable bonds is 1. The van der Waals surface area contributed by atoms with Gasteiger partial charge in [0.1, 0.15) is 0 Å². The van der Waals surface area contributed by atoms with Crippen LogP contribution in [0.4, 0.5) is 0 Å². The van der Waals surface area contributed by atoms with Gasteiger partial charge in [0, 0.05) is 5.41 Å². The van der Waals surface area contributed by atoms with E-state index in [0.29, 0.717) is 5.92 Å². The summed E-state index contributed by atoms with van der Waals surface area (Å²) in [4.78, 5) is 0. The van der Waals surface area contributed by atoms with E-state index < -0.39 is 0 Å². The van der Waals surface area contributed by atoms with Crippen LogP contribution < -0.4 is 0 Å². The van der Waals surface area contributed by atoms with Gasteiger partial charge in [0.2, 0.25) is 0 Å². The van der Waals surface area contributed by atoms with Gasteiger partial charge >= 0.3 is 28.4 Å². The normalized spacial score (nSPS) is 17.8. The van der Waals surface area contributed by atoms with Crippen molar-refractivity contribution in [2.45, 2.75) is 79.6 Å². The molecule has 8 rings (SSSR count). The fourth-order valence-corrected chi connectivity index (χ4v) is 7.51. The number of aryl methyl sites for hydroxylation is 1. The minimum atomic E-state index is 0. The number of hydrogen-bond donors (Lipinski definition) is 0. The van der Waals surface area contributed by atoms with E-state index in [-0.39, 0.29) is 18.3 Å². The van der Waals surface area contributed by atoms with Gasteiger partial charge in [0.25, 0.3) is 0 Å². The Labute approximate surface area is 306 Å². The number of allylic oxidation sites excluding steroid dienone is 8. The van der Waals surface area contributed by atoms with Gasteiger partial charge in [-0.2, -0.15) is 53.1 Å². The average molecular weight is 706 g/mol. The first-order chi connectivity index (χ1) is 22.3. The molecule has 1 heteroatoms. The van der Waals surface area contributed by atoms with Crippen molar-refractivity contribution >= 4 is 20.9 Å². The first kappa shape index (κ1) is 37.4. The Bertz CT molecular complexity index is 1830. The number of fused-ring (bicyclic) bond motifs is 5. The van der Waals surface area contributed by atoms with Crippen LogP contribution in [0.5, 0.6) is 0 Å². The Hall–Kier alpha value is -3.41. The van der Waals surface area contributed by atoms with E-state index in [4.69, 9.17) is 0 Å². The summed E-state index contributed by atoms with van der Waals surface area (Å²) < 4.78 is 3.34. The number of hydrogen-bond acceptors (Lipinski definition) is 0. The Morgan fingerprint density at radius 3 is 1.85 bits per heavy atom. The summed E-state index contributed by atoms with van der Waals surface area (Å²) in [7, 11) is 0. The maximum absolute atomic E-state index is 3.65. The first-order valence-corrected chi connectivity index (χ1v) is 18.4. The van der Waals surface area contributed by atoms with Crippen molar-refractivity contribution in [1.29, 1.82) is 0 Å². The van der Waals surface area contributed by atoms with Gasteiger partial charge in [-0.3, -0.25) is 12.2 Å². The monoisotopic (exact) mass is 704 g/mol. The molecule has 0 fully saturated rings. The zero-order valence-corrected chi connectivity index (χ0v) is 33.1. The zero-order chi connectivity index (χ0) is 34.1. The molecular weight excluding hydrogens is 656 g/mol. The summed E-state index contributed by atoms with van der Waals surface area (Å²) in [5.41, 5.74) is 19.8. The molecule has 0 amide bonds. The topological polar surface area (TPSA) is 0 Å². The maximum atomic E-state index is 3.65. The van der Waals surface area contributed by atoms with E-state index in [9.17, 15) is 0 Å². The standard InChI is InChI=1S/C25H25.C13H13.C7H7.CH3.CH2.Zr/c1-14-12-24(3,4)22-8-16-7-17-9-23-19(15(2)13-25(23,5)6)11-21(17)20(16)10-18(14)22;1-10-8-11(2)13(9-10)12-6-4-3-5-7-12;1-7-5-3-2-4-6-7;;;/h8-12H,7H2,1-6H3;3-7,9-10H,1-2H3;3-6H,1H3;1H3;1H2;/q4*-1;;. The molecule has 1 unspecified atom stereocenters. The molecule has 0 nitrogen and oxygen atoms in total. The summed E-state index contributed by atoms with van der Waals surface area (Å²) in [5.74, 6) is 0.468. The van der Waals surface area contributed by atoms with Crippen molar-refractivity contribution in [1.82, 2.24) is 0 Å². The predicted octanol–water partition coefficient (Wildman–Crippen LogP) is 12.1. The molecule has 1 atom stereocenters. The Kier molecular flexibility index (Phi) is 11.7. The van der Waals surface area contributed by atoms with Crippen molar-refractivity contribution in [3.8, 4) is 11.1 Å². The molecule has 0 heterocycles. The fraction of sp³-hybridized carbons (Fsp3) is 0.277. The molecule has 0 N–H and O–H groups in total.